The minimum atomic E-state index is 0.236. The van der Waals surface area contributed by atoms with Crippen LogP contribution in [0.25, 0.3) is 0 Å². The summed E-state index contributed by atoms with van der Waals surface area (Å²) in [4.78, 5) is 8.48. The summed E-state index contributed by atoms with van der Waals surface area (Å²) in [6.07, 6.45) is 5.57. The van der Waals surface area contributed by atoms with Gasteiger partial charge in [-0.1, -0.05) is 0 Å². The quantitative estimate of drug-likeness (QED) is 0.838. The smallest absolute Gasteiger partial charge is 0.203 e. The Bertz CT molecular complexity index is 393. The van der Waals surface area contributed by atoms with Crippen LogP contribution in [0.1, 0.15) is 18.0 Å². The van der Waals surface area contributed by atoms with Gasteiger partial charge in [0, 0.05) is 31.0 Å². The molecule has 2 rings (SSSR count). The number of imidazole rings is 1. The van der Waals surface area contributed by atoms with Gasteiger partial charge in [0.2, 0.25) is 5.95 Å². The molecular formula is C9H12N4S. The van der Waals surface area contributed by atoms with E-state index in [0.29, 0.717) is 0 Å². The van der Waals surface area contributed by atoms with Gasteiger partial charge in [-0.2, -0.15) is 0 Å². The highest BCUT2D eigenvalue weighted by molar-refractivity contribution is 7.09. The monoisotopic (exact) mass is 208 g/mol. The van der Waals surface area contributed by atoms with Gasteiger partial charge in [-0.05, 0) is 6.92 Å². The first-order valence-corrected chi connectivity index (χ1v) is 5.31. The van der Waals surface area contributed by atoms with Gasteiger partial charge in [-0.3, -0.25) is 0 Å². The summed E-state index contributed by atoms with van der Waals surface area (Å²) < 4.78 is 2.07. The molecule has 1 unspecified atom stereocenters. The van der Waals surface area contributed by atoms with E-state index < -0.39 is 0 Å². The fourth-order valence-electron chi connectivity index (χ4n) is 1.38. The van der Waals surface area contributed by atoms with Crippen molar-refractivity contribution in [3.8, 4) is 0 Å². The van der Waals surface area contributed by atoms with Crippen molar-refractivity contribution in [3.63, 3.8) is 0 Å². The van der Waals surface area contributed by atoms with Crippen LogP contribution in [0.5, 0.6) is 0 Å². The fraction of sp³-hybridized carbons (Fsp3) is 0.333. The molecular weight excluding hydrogens is 196 g/mol. The molecule has 0 saturated carbocycles. The molecule has 4 nitrogen and oxygen atoms in total. The maximum atomic E-state index is 4.29. The first-order valence-electron chi connectivity index (χ1n) is 4.43. The highest BCUT2D eigenvalue weighted by Crippen LogP contribution is 2.22. The predicted octanol–water partition coefficient (Wildman–Crippen LogP) is 1.99. The lowest BCUT2D eigenvalue weighted by Gasteiger charge is -2.12. The van der Waals surface area contributed by atoms with Crippen LogP contribution in [0.4, 0.5) is 5.95 Å². The average molecular weight is 208 g/mol. The van der Waals surface area contributed by atoms with Gasteiger partial charge in [0.25, 0.3) is 0 Å². The Morgan fingerprint density at radius 2 is 2.29 bits per heavy atom. The van der Waals surface area contributed by atoms with Gasteiger partial charge in [-0.15, -0.1) is 11.3 Å². The van der Waals surface area contributed by atoms with Gasteiger partial charge in [0.05, 0.1) is 6.04 Å². The molecule has 0 fully saturated rings. The van der Waals surface area contributed by atoms with Gasteiger partial charge < -0.3 is 9.88 Å². The molecule has 2 aromatic rings. The normalized spacial score (nSPS) is 12.7. The average Bonchev–Trinajstić information content (AvgIpc) is 2.87. The molecule has 2 heterocycles. The molecule has 0 aliphatic rings. The van der Waals surface area contributed by atoms with Crippen LogP contribution in [0.2, 0.25) is 0 Å². The minimum Gasteiger partial charge on any atom is -0.359 e. The van der Waals surface area contributed by atoms with E-state index in [9.17, 15) is 0 Å². The lowest BCUT2D eigenvalue weighted by atomic mass is 10.3. The van der Waals surface area contributed by atoms with Crippen molar-refractivity contribution in [2.75, 3.05) is 12.4 Å². The molecule has 2 aromatic heterocycles. The van der Waals surface area contributed by atoms with Crippen LogP contribution in [0.15, 0.2) is 24.0 Å². The van der Waals surface area contributed by atoms with E-state index in [1.165, 1.54) is 0 Å². The van der Waals surface area contributed by atoms with Crippen molar-refractivity contribution in [1.29, 1.82) is 0 Å². The summed E-state index contributed by atoms with van der Waals surface area (Å²) in [6, 6.07) is 0.236. The molecule has 14 heavy (non-hydrogen) atoms. The molecule has 0 saturated heterocycles. The Balaban J connectivity index is 2.31. The van der Waals surface area contributed by atoms with Crippen molar-refractivity contribution in [2.24, 2.45) is 0 Å². The van der Waals surface area contributed by atoms with E-state index in [4.69, 9.17) is 0 Å². The Kier molecular flexibility index (Phi) is 2.49. The summed E-state index contributed by atoms with van der Waals surface area (Å²) in [5, 5.41) is 6.13. The van der Waals surface area contributed by atoms with Gasteiger partial charge >= 0.3 is 0 Å². The van der Waals surface area contributed by atoms with Gasteiger partial charge in [0.15, 0.2) is 0 Å². The fourth-order valence-corrected chi connectivity index (χ4v) is 2.07. The van der Waals surface area contributed by atoms with Crippen molar-refractivity contribution < 1.29 is 0 Å². The number of thiazole rings is 1. The largest absolute Gasteiger partial charge is 0.359 e. The first kappa shape index (κ1) is 9.21. The molecule has 0 spiro atoms. The Labute approximate surface area is 86.6 Å². The van der Waals surface area contributed by atoms with Crippen LogP contribution in [-0.2, 0) is 0 Å². The molecule has 0 bridgehead atoms. The molecule has 0 amide bonds. The third-order valence-corrected chi connectivity index (χ3v) is 3.06. The van der Waals surface area contributed by atoms with Crippen molar-refractivity contribution in [3.05, 3.63) is 29.0 Å². The van der Waals surface area contributed by atoms with Crippen LogP contribution in [0, 0.1) is 0 Å². The van der Waals surface area contributed by atoms with E-state index in [-0.39, 0.29) is 6.04 Å². The second-order valence-electron chi connectivity index (χ2n) is 2.95. The zero-order valence-electron chi connectivity index (χ0n) is 8.14. The number of anilines is 1. The zero-order valence-corrected chi connectivity index (χ0v) is 8.95. The third kappa shape index (κ3) is 1.50. The standard InChI is InChI=1S/C9H12N4S/c1-7(8-11-4-6-14-8)13-5-3-12-9(13)10-2/h3-7H,1-2H3,(H,10,12). The van der Waals surface area contributed by atoms with E-state index in [2.05, 4.69) is 26.8 Å². The number of nitrogens with zero attached hydrogens (tertiary/aromatic N) is 3. The highest BCUT2D eigenvalue weighted by Gasteiger charge is 2.12. The molecule has 0 radical (unpaired) electrons. The minimum absolute atomic E-state index is 0.236. The van der Waals surface area contributed by atoms with E-state index in [1.807, 2.05) is 24.8 Å². The Morgan fingerprint density at radius 1 is 1.43 bits per heavy atom. The molecule has 74 valence electrons. The summed E-state index contributed by atoms with van der Waals surface area (Å²) in [6.45, 7) is 2.11. The lowest BCUT2D eigenvalue weighted by Crippen LogP contribution is -2.08. The lowest BCUT2D eigenvalue weighted by molar-refractivity contribution is 0.641. The van der Waals surface area contributed by atoms with Crippen LogP contribution in [-0.4, -0.2) is 21.6 Å². The summed E-state index contributed by atoms with van der Waals surface area (Å²) >= 11 is 1.66. The SMILES string of the molecule is CNc1nccn1C(C)c1nccs1. The molecule has 0 aromatic carbocycles. The Hall–Kier alpha value is -1.36. The maximum Gasteiger partial charge on any atom is 0.203 e. The second kappa shape index (κ2) is 3.79. The van der Waals surface area contributed by atoms with Crippen LogP contribution >= 0.6 is 11.3 Å². The first-order chi connectivity index (χ1) is 6.83. The number of aromatic nitrogens is 3. The van der Waals surface area contributed by atoms with Crippen molar-refractivity contribution >= 4 is 17.3 Å². The van der Waals surface area contributed by atoms with Crippen LogP contribution in [0.3, 0.4) is 0 Å². The van der Waals surface area contributed by atoms with Crippen molar-refractivity contribution in [1.82, 2.24) is 14.5 Å². The van der Waals surface area contributed by atoms with E-state index in [1.54, 1.807) is 17.5 Å². The summed E-state index contributed by atoms with van der Waals surface area (Å²) in [7, 11) is 1.87. The molecule has 5 heteroatoms. The zero-order chi connectivity index (χ0) is 9.97. The highest BCUT2D eigenvalue weighted by atomic mass is 32.1. The number of rotatable bonds is 3. The predicted molar refractivity (Wildman–Crippen MR) is 57.7 cm³/mol. The van der Waals surface area contributed by atoms with E-state index in [0.717, 1.165) is 11.0 Å². The third-order valence-electron chi connectivity index (χ3n) is 2.12. The Morgan fingerprint density at radius 3 is 2.93 bits per heavy atom. The molecule has 1 N–H and O–H groups in total. The van der Waals surface area contributed by atoms with Gasteiger partial charge in [0.1, 0.15) is 5.01 Å². The summed E-state index contributed by atoms with van der Waals surface area (Å²) in [5.74, 6) is 0.868. The number of hydrogen-bond donors (Lipinski definition) is 1. The molecule has 0 aliphatic heterocycles. The van der Waals surface area contributed by atoms with Crippen LogP contribution < -0.4 is 5.32 Å². The molecule has 0 aliphatic carbocycles. The number of hydrogen-bond acceptors (Lipinski definition) is 4. The van der Waals surface area contributed by atoms with Crippen molar-refractivity contribution in [2.45, 2.75) is 13.0 Å². The van der Waals surface area contributed by atoms with Gasteiger partial charge in [-0.25, -0.2) is 9.97 Å². The topological polar surface area (TPSA) is 42.7 Å². The summed E-state index contributed by atoms with van der Waals surface area (Å²) in [5.41, 5.74) is 0. The second-order valence-corrected chi connectivity index (χ2v) is 3.88. The number of nitrogens with one attached hydrogen (secondary N) is 1. The van der Waals surface area contributed by atoms with E-state index >= 15 is 0 Å². The maximum absolute atomic E-state index is 4.29. The molecule has 1 atom stereocenters.